The molecule has 0 unspecified atom stereocenters. The molecule has 0 saturated heterocycles. The van der Waals surface area contributed by atoms with Crippen LogP contribution in [0, 0.1) is 10.1 Å². The predicted octanol–water partition coefficient (Wildman–Crippen LogP) is 3.91. The summed E-state index contributed by atoms with van der Waals surface area (Å²) in [5, 5.41) is 34.5. The molecule has 0 aliphatic rings. The summed E-state index contributed by atoms with van der Waals surface area (Å²) in [6.07, 6.45) is 1.15. The molecule has 3 aromatic rings. The maximum Gasteiger partial charge on any atom is 0.270 e. The van der Waals surface area contributed by atoms with Crippen molar-refractivity contribution < 1.29 is 23.6 Å². The molecule has 31 heavy (non-hydrogen) atoms. The average molecular weight is 463 g/mol. The molecule has 0 bridgehead atoms. The summed E-state index contributed by atoms with van der Waals surface area (Å²) in [6.45, 7) is 0. The molecule has 160 valence electrons. The normalized spacial score (nSPS) is 11.4. The van der Waals surface area contributed by atoms with Crippen molar-refractivity contribution in [2.24, 2.45) is 5.10 Å². The highest BCUT2D eigenvalue weighted by atomic mass is 35.5. The van der Waals surface area contributed by atoms with Crippen LogP contribution >= 0.6 is 11.6 Å². The lowest BCUT2D eigenvalue weighted by Crippen LogP contribution is -2.15. The number of nitrogens with zero attached hydrogens (tertiary/aromatic N) is 2. The molecule has 0 aliphatic heterocycles. The van der Waals surface area contributed by atoms with Gasteiger partial charge in [-0.3, -0.25) is 20.3 Å². The van der Waals surface area contributed by atoms with E-state index in [2.05, 4.69) is 15.2 Å². The highest BCUT2D eigenvalue weighted by Gasteiger charge is 2.23. The van der Waals surface area contributed by atoms with E-state index >= 15 is 0 Å². The number of aromatic hydroxyl groups is 2. The van der Waals surface area contributed by atoms with Crippen LogP contribution in [0.4, 0.5) is 17.1 Å². The Kier molecular flexibility index (Phi) is 6.28. The highest BCUT2D eigenvalue weighted by Crippen LogP contribution is 2.31. The van der Waals surface area contributed by atoms with Crippen molar-refractivity contribution in [1.82, 2.24) is 0 Å². The van der Waals surface area contributed by atoms with Crippen molar-refractivity contribution >= 4 is 44.9 Å². The monoisotopic (exact) mass is 462 g/mol. The number of phenols is 2. The largest absolute Gasteiger partial charge is 0.504 e. The minimum atomic E-state index is -4.30. The lowest BCUT2D eigenvalue weighted by atomic mass is 10.2. The van der Waals surface area contributed by atoms with Gasteiger partial charge in [0.2, 0.25) is 0 Å². The molecule has 0 amide bonds. The summed E-state index contributed by atoms with van der Waals surface area (Å²) in [5.74, 6) is -0.767. The molecular weight excluding hydrogens is 448 g/mol. The van der Waals surface area contributed by atoms with E-state index in [1.807, 2.05) is 0 Å². The second-order valence-corrected chi connectivity index (χ2v) is 8.17. The highest BCUT2D eigenvalue weighted by molar-refractivity contribution is 7.93. The van der Waals surface area contributed by atoms with Gasteiger partial charge in [-0.1, -0.05) is 29.8 Å². The van der Waals surface area contributed by atoms with Gasteiger partial charge in [0.25, 0.3) is 15.7 Å². The van der Waals surface area contributed by atoms with Crippen molar-refractivity contribution in [1.29, 1.82) is 0 Å². The van der Waals surface area contributed by atoms with Crippen LogP contribution in [0.25, 0.3) is 0 Å². The molecule has 12 heteroatoms. The third-order valence-electron chi connectivity index (χ3n) is 4.02. The van der Waals surface area contributed by atoms with Crippen LogP contribution in [0.2, 0.25) is 5.02 Å². The smallest absolute Gasteiger partial charge is 0.270 e. The van der Waals surface area contributed by atoms with Crippen LogP contribution in [-0.2, 0) is 10.0 Å². The topological polar surface area (TPSA) is 154 Å². The van der Waals surface area contributed by atoms with E-state index in [-0.39, 0.29) is 27.7 Å². The second kappa shape index (κ2) is 8.90. The molecule has 0 fully saturated rings. The summed E-state index contributed by atoms with van der Waals surface area (Å²) in [7, 11) is -4.30. The molecule has 4 N–H and O–H groups in total. The van der Waals surface area contributed by atoms with E-state index in [1.54, 1.807) is 12.1 Å². The van der Waals surface area contributed by atoms with Gasteiger partial charge in [-0.2, -0.15) is 5.10 Å². The Hall–Kier alpha value is -3.83. The molecule has 0 spiro atoms. The van der Waals surface area contributed by atoms with Crippen molar-refractivity contribution in [3.63, 3.8) is 0 Å². The predicted molar refractivity (Wildman–Crippen MR) is 116 cm³/mol. The minimum absolute atomic E-state index is 0.0685. The van der Waals surface area contributed by atoms with E-state index in [1.165, 1.54) is 36.4 Å². The number of benzene rings is 3. The number of hydrazone groups is 1. The van der Waals surface area contributed by atoms with Gasteiger partial charge >= 0.3 is 0 Å². The third kappa shape index (κ3) is 5.02. The molecule has 0 aromatic heterocycles. The molecule has 0 heterocycles. The number of hydrogen-bond acceptors (Lipinski definition) is 8. The van der Waals surface area contributed by atoms with Gasteiger partial charge in [-0.25, -0.2) is 8.42 Å². The fourth-order valence-corrected chi connectivity index (χ4v) is 4.00. The average Bonchev–Trinajstić information content (AvgIpc) is 2.72. The lowest BCUT2D eigenvalue weighted by molar-refractivity contribution is -0.385. The Balaban J connectivity index is 1.97. The number of phenolic OH excluding ortho intramolecular Hbond substituents is 2. The quantitative estimate of drug-likeness (QED) is 0.179. The number of non-ortho nitro benzene ring substituents is 1. The molecule has 10 nitrogen and oxygen atoms in total. The van der Waals surface area contributed by atoms with Crippen LogP contribution in [0.3, 0.4) is 0 Å². The lowest BCUT2D eigenvalue weighted by Gasteiger charge is -2.13. The Morgan fingerprint density at radius 2 is 1.77 bits per heavy atom. The maximum atomic E-state index is 12.9. The van der Waals surface area contributed by atoms with Crippen LogP contribution in [-0.4, -0.2) is 29.8 Å². The fraction of sp³-hybridized carbons (Fsp3) is 0. The van der Waals surface area contributed by atoms with Crippen molar-refractivity contribution in [3.05, 3.63) is 81.4 Å². The van der Waals surface area contributed by atoms with E-state index in [0.717, 1.165) is 18.3 Å². The first-order valence-corrected chi connectivity index (χ1v) is 10.4. The molecule has 0 aliphatic carbocycles. The Morgan fingerprint density at radius 3 is 2.48 bits per heavy atom. The van der Waals surface area contributed by atoms with E-state index < -0.39 is 31.3 Å². The van der Waals surface area contributed by atoms with Gasteiger partial charge in [0.1, 0.15) is 4.90 Å². The second-order valence-electron chi connectivity index (χ2n) is 6.11. The number of hydrogen-bond donors (Lipinski definition) is 4. The zero-order chi connectivity index (χ0) is 22.6. The van der Waals surface area contributed by atoms with Gasteiger partial charge in [0, 0.05) is 17.7 Å². The minimum Gasteiger partial charge on any atom is -0.504 e. The first-order valence-electron chi connectivity index (χ1n) is 8.55. The van der Waals surface area contributed by atoms with Crippen molar-refractivity contribution in [2.45, 2.75) is 4.90 Å². The Bertz CT molecular complexity index is 1280. The third-order valence-corrected chi connectivity index (χ3v) is 5.75. The van der Waals surface area contributed by atoms with E-state index in [9.17, 15) is 28.7 Å². The number of para-hydroxylation sites is 2. The first kappa shape index (κ1) is 21.9. The van der Waals surface area contributed by atoms with Gasteiger partial charge < -0.3 is 10.2 Å². The number of rotatable bonds is 7. The summed E-state index contributed by atoms with van der Waals surface area (Å²) < 4.78 is 28.1. The molecule has 0 atom stereocenters. The van der Waals surface area contributed by atoms with Gasteiger partial charge in [-0.15, -0.1) is 0 Å². The number of nitro groups is 1. The van der Waals surface area contributed by atoms with Crippen molar-refractivity contribution in [3.8, 4) is 11.5 Å². The molecule has 3 rings (SSSR count). The number of sulfonamides is 1. The number of halogens is 1. The van der Waals surface area contributed by atoms with Gasteiger partial charge in [-0.05, 0) is 30.3 Å². The first-order chi connectivity index (χ1) is 14.7. The maximum absolute atomic E-state index is 12.9. The summed E-state index contributed by atoms with van der Waals surface area (Å²) >= 11 is 6.00. The molecule has 0 radical (unpaired) electrons. The summed E-state index contributed by atoms with van der Waals surface area (Å²) in [5.41, 5.74) is 2.22. The van der Waals surface area contributed by atoms with Gasteiger partial charge in [0.15, 0.2) is 11.5 Å². The van der Waals surface area contributed by atoms with E-state index in [0.29, 0.717) is 0 Å². The number of nitrogens with one attached hydrogen (secondary N) is 2. The standard InChI is InChI=1S/C19H15ClN4O6S/c20-14-5-1-2-6-15(14)23-31(29,30)18-10-13(24(27)28)8-9-16(18)22-21-11-12-4-3-7-17(25)19(12)26/h1-11,22-23,25-26H. The summed E-state index contributed by atoms with van der Waals surface area (Å²) in [6, 6.07) is 13.5. The molecule has 0 saturated carbocycles. The Morgan fingerprint density at radius 1 is 1.03 bits per heavy atom. The number of nitro benzene ring substituents is 1. The summed E-state index contributed by atoms with van der Waals surface area (Å²) in [4.78, 5) is 9.96. The van der Waals surface area contributed by atoms with Crippen LogP contribution in [0.1, 0.15) is 5.56 Å². The van der Waals surface area contributed by atoms with Gasteiger partial charge in [0.05, 0.1) is 27.5 Å². The Labute approximate surface area is 181 Å². The molecular formula is C19H15ClN4O6S. The SMILES string of the molecule is O=[N+]([O-])c1ccc(NN=Cc2cccc(O)c2O)c(S(=O)(=O)Nc2ccccc2Cl)c1. The molecule has 3 aromatic carbocycles. The van der Waals surface area contributed by atoms with Crippen molar-refractivity contribution in [2.75, 3.05) is 10.1 Å². The van der Waals surface area contributed by atoms with Crippen LogP contribution < -0.4 is 10.1 Å². The fourth-order valence-electron chi connectivity index (χ4n) is 2.51. The zero-order valence-corrected chi connectivity index (χ0v) is 17.1. The number of anilines is 2. The van der Waals surface area contributed by atoms with Crippen LogP contribution in [0.15, 0.2) is 70.7 Å². The van der Waals surface area contributed by atoms with Crippen LogP contribution in [0.5, 0.6) is 11.5 Å². The van der Waals surface area contributed by atoms with E-state index in [4.69, 9.17) is 11.6 Å². The zero-order valence-electron chi connectivity index (χ0n) is 15.6.